The van der Waals surface area contributed by atoms with Crippen LogP contribution in [0.15, 0.2) is 0 Å². The molecule has 1 aliphatic heterocycles. The molecule has 1 atom stereocenters. The molecule has 1 heterocycles. The van der Waals surface area contributed by atoms with Gasteiger partial charge in [-0.05, 0) is 26.7 Å². The summed E-state index contributed by atoms with van der Waals surface area (Å²) in [4.78, 5) is 118. The van der Waals surface area contributed by atoms with Crippen LogP contribution in [0.1, 0.15) is 52.9 Å². The maximum Gasteiger partial charge on any atom is 0.322 e. The molecule has 0 bridgehead atoms. The molecule has 272 valence electrons. The fourth-order valence-electron chi connectivity index (χ4n) is 3.19. The Morgan fingerprint density at radius 2 is 1.21 bits per heavy atom. The molecule has 1 saturated heterocycles. The zero-order valence-corrected chi connectivity index (χ0v) is 27.1. The van der Waals surface area contributed by atoms with Crippen LogP contribution in [-0.2, 0) is 52.7 Å². The predicted octanol–water partition coefficient (Wildman–Crippen LogP) is -4.43. The van der Waals surface area contributed by atoms with E-state index in [9.17, 15) is 47.9 Å². The topological polar surface area (TPSA) is 316 Å². The van der Waals surface area contributed by atoms with Crippen molar-refractivity contribution in [1.29, 1.82) is 0 Å². The number of nitrogens with one attached hydrogen (secondary N) is 7. The van der Waals surface area contributed by atoms with Crippen molar-refractivity contribution >= 4 is 66.6 Å². The van der Waals surface area contributed by atoms with E-state index < -0.39 is 49.4 Å². The summed E-state index contributed by atoms with van der Waals surface area (Å²) >= 11 is 0. The molecule has 21 heteroatoms. The van der Waals surface area contributed by atoms with Crippen LogP contribution < -0.4 is 37.2 Å². The molecular weight excluding hydrogens is 644 g/mol. The van der Waals surface area contributed by atoms with Gasteiger partial charge in [-0.25, -0.2) is 0 Å². The van der Waals surface area contributed by atoms with Crippen molar-refractivity contribution in [2.24, 2.45) is 0 Å². The Kier molecular flexibility index (Phi) is 30.6. The highest BCUT2D eigenvalue weighted by atomic mass is 16.4. The average molecular weight is 691 g/mol. The lowest BCUT2D eigenvalue weighted by Gasteiger charge is -2.15. The number of rotatable bonds is 19. The molecule has 9 N–H and O–H groups in total. The molecule has 0 spiro atoms. The molecule has 0 aliphatic carbocycles. The minimum Gasteiger partial charge on any atom is -0.483 e. The quantitative estimate of drug-likeness (QED) is 0.0457. The van der Waals surface area contributed by atoms with E-state index in [-0.39, 0.29) is 49.5 Å². The van der Waals surface area contributed by atoms with Crippen LogP contribution in [0.2, 0.25) is 0 Å². The van der Waals surface area contributed by atoms with Gasteiger partial charge in [-0.1, -0.05) is 6.92 Å². The Morgan fingerprint density at radius 3 is 1.67 bits per heavy atom. The first-order valence-electron chi connectivity index (χ1n) is 14.6. The molecule has 9 amide bonds. The van der Waals surface area contributed by atoms with E-state index in [1.54, 1.807) is 6.92 Å². The van der Waals surface area contributed by atoms with E-state index in [4.69, 9.17) is 15.0 Å². The summed E-state index contributed by atoms with van der Waals surface area (Å²) in [6.45, 7) is 5.49. The van der Waals surface area contributed by atoms with Gasteiger partial charge in [-0.15, -0.1) is 0 Å². The SMILES string of the molecule is CCCN1C(=O)CCC1=O.CCNC(=O)CCC(NC=O)C(=O)NCC(=O)NCC(=O)NCC(=O)O.CCNC(=O)CNC=O.O=CO. The van der Waals surface area contributed by atoms with Gasteiger partial charge >= 0.3 is 5.97 Å². The van der Waals surface area contributed by atoms with Gasteiger partial charge in [-0.2, -0.15) is 0 Å². The summed E-state index contributed by atoms with van der Waals surface area (Å²) in [5.74, 6) is -3.72. The molecule has 0 aromatic rings. The standard InChI is InChI=1S/C14H23N5O7.C7H11NO2.C5H10N2O2.CH2O2/c1-2-15-10(21)4-3-9(19-8-20)14(26)18-6-12(23)16-5-11(22)17-7-13(24)25;1-2-5-8-6(9)3-4-7(8)10;1-2-7-5(9)3-6-4-8;2-1-3/h8-9H,2-7H2,1H3,(H,15,21)(H,16,23)(H,17,22)(H,18,26)(H,19,20)(H,24,25);2-5H2,1H3;4H,2-3H2,1H3,(H,6,8)(H,7,9);1H,(H,2,3). The smallest absolute Gasteiger partial charge is 0.322 e. The van der Waals surface area contributed by atoms with Crippen molar-refractivity contribution in [3.05, 3.63) is 0 Å². The first kappa shape index (κ1) is 46.8. The zero-order chi connectivity index (χ0) is 37.3. The third-order valence-corrected chi connectivity index (χ3v) is 5.25. The van der Waals surface area contributed by atoms with Gasteiger partial charge in [0.1, 0.15) is 12.6 Å². The number of carbonyl (C=O) groups is 11. The Balaban J connectivity index is -0.000000742. The summed E-state index contributed by atoms with van der Waals surface area (Å²) in [6, 6.07) is -0.984. The summed E-state index contributed by atoms with van der Waals surface area (Å²) < 4.78 is 0. The number of aliphatic carboxylic acids is 1. The fourth-order valence-corrected chi connectivity index (χ4v) is 3.19. The van der Waals surface area contributed by atoms with Gasteiger partial charge in [0.05, 0.1) is 19.6 Å². The van der Waals surface area contributed by atoms with Crippen LogP contribution >= 0.6 is 0 Å². The van der Waals surface area contributed by atoms with Gasteiger partial charge in [-0.3, -0.25) is 57.6 Å². The molecule has 1 unspecified atom stereocenters. The van der Waals surface area contributed by atoms with Gasteiger partial charge in [0, 0.05) is 38.9 Å². The normalized spacial score (nSPS) is 11.5. The second-order valence-electron chi connectivity index (χ2n) is 8.99. The number of carboxylic acid groups (broad SMARTS) is 2. The van der Waals surface area contributed by atoms with E-state index in [1.165, 1.54) is 4.90 Å². The number of carboxylic acids is 1. The number of nitrogens with zero attached hydrogens (tertiary/aromatic N) is 1. The number of likely N-dealkylation sites (N-methyl/N-ethyl adjacent to an activating group) is 1. The second-order valence-corrected chi connectivity index (χ2v) is 8.99. The van der Waals surface area contributed by atoms with Crippen molar-refractivity contribution in [2.45, 2.75) is 58.9 Å². The Morgan fingerprint density at radius 1 is 0.729 bits per heavy atom. The lowest BCUT2D eigenvalue weighted by atomic mass is 10.1. The molecule has 1 aliphatic rings. The number of hydrogen-bond acceptors (Lipinski definition) is 11. The fraction of sp³-hybridized carbons (Fsp3) is 0.593. The lowest BCUT2D eigenvalue weighted by Crippen LogP contribution is -2.48. The van der Waals surface area contributed by atoms with Crippen LogP contribution in [0.5, 0.6) is 0 Å². The van der Waals surface area contributed by atoms with Crippen molar-refractivity contribution in [3.63, 3.8) is 0 Å². The number of hydrogen-bond donors (Lipinski definition) is 9. The van der Waals surface area contributed by atoms with Crippen LogP contribution in [0, 0.1) is 0 Å². The summed E-state index contributed by atoms with van der Waals surface area (Å²) in [7, 11) is 0. The Labute approximate surface area is 276 Å². The highest BCUT2D eigenvalue weighted by Gasteiger charge is 2.27. The minimum atomic E-state index is -1.22. The summed E-state index contributed by atoms with van der Waals surface area (Å²) in [5.41, 5.74) is 0. The Hall–Kier alpha value is -5.63. The molecule has 1 fully saturated rings. The zero-order valence-electron chi connectivity index (χ0n) is 27.1. The van der Waals surface area contributed by atoms with Gasteiger partial charge in [0.15, 0.2) is 0 Å². The summed E-state index contributed by atoms with van der Waals surface area (Å²) in [6.07, 6.45) is 2.57. The maximum atomic E-state index is 11.9. The van der Waals surface area contributed by atoms with Crippen LogP contribution in [-0.4, -0.2) is 134 Å². The third kappa shape index (κ3) is 27.9. The monoisotopic (exact) mass is 690 g/mol. The average Bonchev–Trinajstić information content (AvgIpc) is 3.36. The highest BCUT2D eigenvalue weighted by molar-refractivity contribution is 6.01. The van der Waals surface area contributed by atoms with Gasteiger partial charge in [0.2, 0.25) is 54.2 Å². The van der Waals surface area contributed by atoms with Crippen LogP contribution in [0.3, 0.4) is 0 Å². The maximum absolute atomic E-state index is 11.9. The lowest BCUT2D eigenvalue weighted by molar-refractivity contribution is -0.139. The van der Waals surface area contributed by atoms with Crippen molar-refractivity contribution < 1.29 is 63.0 Å². The number of amides is 9. The molecule has 0 aromatic heterocycles. The number of likely N-dealkylation sites (tertiary alicyclic amines) is 1. The molecule has 21 nitrogen and oxygen atoms in total. The predicted molar refractivity (Wildman–Crippen MR) is 165 cm³/mol. The van der Waals surface area contributed by atoms with E-state index in [2.05, 4.69) is 31.9 Å². The van der Waals surface area contributed by atoms with Crippen molar-refractivity contribution in [2.75, 3.05) is 45.8 Å². The first-order chi connectivity index (χ1) is 22.8. The van der Waals surface area contributed by atoms with Crippen LogP contribution in [0.25, 0.3) is 0 Å². The van der Waals surface area contributed by atoms with E-state index >= 15 is 0 Å². The number of imide groups is 1. The van der Waals surface area contributed by atoms with Gasteiger partial charge in [0.25, 0.3) is 6.47 Å². The number of carbonyl (C=O) groups excluding carboxylic acids is 9. The largest absolute Gasteiger partial charge is 0.483 e. The van der Waals surface area contributed by atoms with E-state index in [1.807, 2.05) is 19.2 Å². The highest BCUT2D eigenvalue weighted by Crippen LogP contribution is 2.11. The molecule has 0 saturated carbocycles. The molecule has 0 aromatic carbocycles. The van der Waals surface area contributed by atoms with Crippen molar-refractivity contribution in [3.8, 4) is 0 Å². The second kappa shape index (κ2) is 31.4. The first-order valence-corrected chi connectivity index (χ1v) is 14.6. The molecule has 48 heavy (non-hydrogen) atoms. The van der Waals surface area contributed by atoms with Crippen molar-refractivity contribution in [1.82, 2.24) is 42.1 Å². The summed E-state index contributed by atoms with van der Waals surface area (Å²) in [5, 5.41) is 31.3. The van der Waals surface area contributed by atoms with E-state index in [0.717, 1.165) is 6.42 Å². The van der Waals surface area contributed by atoms with Gasteiger partial charge < -0.3 is 47.4 Å². The molecular formula is C27H46N8O13. The minimum absolute atomic E-state index is 0.00755. The third-order valence-electron chi connectivity index (χ3n) is 5.25. The Bertz CT molecular complexity index is 1060. The van der Waals surface area contributed by atoms with E-state index in [0.29, 0.717) is 45.3 Å². The van der Waals surface area contributed by atoms with Crippen LogP contribution in [0.4, 0.5) is 0 Å². The molecule has 0 radical (unpaired) electrons. The molecule has 1 rings (SSSR count).